The minimum atomic E-state index is -0.307. The molecular formula is C16H31NO4. The zero-order valence-electron chi connectivity index (χ0n) is 14.2. The summed E-state index contributed by atoms with van der Waals surface area (Å²) >= 11 is 0. The minimum Gasteiger partial charge on any atom is -0.469 e. The normalized spacial score (nSPS) is 12.3. The number of ether oxygens (including phenoxy) is 2. The zero-order valence-corrected chi connectivity index (χ0v) is 14.2. The summed E-state index contributed by atoms with van der Waals surface area (Å²) in [6.07, 6.45) is 2.97. The van der Waals surface area contributed by atoms with E-state index < -0.39 is 0 Å². The molecule has 0 saturated carbocycles. The Morgan fingerprint density at radius 1 is 1.10 bits per heavy atom. The number of esters is 1. The van der Waals surface area contributed by atoms with Crippen LogP contribution < -0.4 is 0 Å². The maximum atomic E-state index is 12.2. The van der Waals surface area contributed by atoms with E-state index in [0.717, 1.165) is 25.9 Å². The number of unbranched alkanes of at least 4 members (excludes halogenated alkanes) is 1. The van der Waals surface area contributed by atoms with E-state index in [1.54, 1.807) is 11.8 Å². The van der Waals surface area contributed by atoms with Gasteiger partial charge in [0.2, 0.25) is 5.91 Å². The molecule has 0 fully saturated rings. The molecule has 5 heteroatoms. The summed E-state index contributed by atoms with van der Waals surface area (Å²) < 4.78 is 10.2. The third-order valence-corrected chi connectivity index (χ3v) is 3.26. The highest BCUT2D eigenvalue weighted by atomic mass is 16.5. The van der Waals surface area contributed by atoms with Crippen LogP contribution in [0.4, 0.5) is 0 Å². The fraction of sp³-hybridized carbons (Fsp3) is 0.875. The molecule has 0 heterocycles. The van der Waals surface area contributed by atoms with Crippen molar-refractivity contribution in [3.8, 4) is 0 Å². The molecule has 0 aromatic carbocycles. The van der Waals surface area contributed by atoms with Gasteiger partial charge in [0.05, 0.1) is 13.0 Å². The Morgan fingerprint density at radius 3 is 2.24 bits per heavy atom. The maximum absolute atomic E-state index is 12.2. The SMILES string of the molecule is CCCCOCCCN(CC(C)C(=O)OC)C(=O)C(C)C. The fourth-order valence-electron chi connectivity index (χ4n) is 1.97. The van der Waals surface area contributed by atoms with E-state index in [2.05, 4.69) is 6.92 Å². The lowest BCUT2D eigenvalue weighted by Crippen LogP contribution is -2.40. The first-order chi connectivity index (χ1) is 9.93. The van der Waals surface area contributed by atoms with E-state index in [9.17, 15) is 9.59 Å². The Kier molecular flexibility index (Phi) is 10.9. The quantitative estimate of drug-likeness (QED) is 0.434. The van der Waals surface area contributed by atoms with Crippen LogP contribution in [0.25, 0.3) is 0 Å². The van der Waals surface area contributed by atoms with Gasteiger partial charge in [0.25, 0.3) is 0 Å². The van der Waals surface area contributed by atoms with Gasteiger partial charge in [-0.25, -0.2) is 0 Å². The molecular weight excluding hydrogens is 270 g/mol. The molecule has 0 aliphatic heterocycles. The Hall–Kier alpha value is -1.10. The summed E-state index contributed by atoms with van der Waals surface area (Å²) in [5, 5.41) is 0. The van der Waals surface area contributed by atoms with Crippen LogP contribution in [0.15, 0.2) is 0 Å². The van der Waals surface area contributed by atoms with Crippen molar-refractivity contribution >= 4 is 11.9 Å². The van der Waals surface area contributed by atoms with Gasteiger partial charge in [-0.05, 0) is 12.8 Å². The molecule has 0 spiro atoms. The molecule has 0 radical (unpaired) electrons. The minimum absolute atomic E-state index is 0.0688. The van der Waals surface area contributed by atoms with Crippen molar-refractivity contribution in [2.75, 3.05) is 33.4 Å². The second kappa shape index (κ2) is 11.5. The van der Waals surface area contributed by atoms with Crippen LogP contribution in [0.1, 0.15) is 47.0 Å². The van der Waals surface area contributed by atoms with Crippen molar-refractivity contribution in [2.45, 2.75) is 47.0 Å². The number of methoxy groups -OCH3 is 1. The molecule has 0 aliphatic carbocycles. The molecule has 124 valence electrons. The number of hydrogen-bond acceptors (Lipinski definition) is 4. The van der Waals surface area contributed by atoms with Crippen LogP contribution >= 0.6 is 0 Å². The molecule has 1 amide bonds. The molecule has 0 aromatic heterocycles. The molecule has 0 N–H and O–H groups in total. The first kappa shape index (κ1) is 19.9. The number of rotatable bonds is 11. The highest BCUT2D eigenvalue weighted by Gasteiger charge is 2.22. The monoisotopic (exact) mass is 301 g/mol. The van der Waals surface area contributed by atoms with Gasteiger partial charge in [-0.1, -0.05) is 34.1 Å². The molecule has 0 aromatic rings. The lowest BCUT2D eigenvalue weighted by molar-refractivity contribution is -0.147. The van der Waals surface area contributed by atoms with E-state index in [1.165, 1.54) is 7.11 Å². The topological polar surface area (TPSA) is 55.8 Å². The number of amides is 1. The van der Waals surface area contributed by atoms with Crippen molar-refractivity contribution in [2.24, 2.45) is 11.8 Å². The summed E-state index contributed by atoms with van der Waals surface area (Å²) in [6.45, 7) is 10.1. The lowest BCUT2D eigenvalue weighted by atomic mass is 10.1. The Bertz CT molecular complexity index is 305. The highest BCUT2D eigenvalue weighted by Crippen LogP contribution is 2.08. The zero-order chi connectivity index (χ0) is 16.3. The third kappa shape index (κ3) is 8.71. The molecule has 0 aliphatic rings. The molecule has 0 saturated heterocycles. The first-order valence-corrected chi connectivity index (χ1v) is 7.88. The Morgan fingerprint density at radius 2 is 1.71 bits per heavy atom. The van der Waals surface area contributed by atoms with Crippen molar-refractivity contribution < 1.29 is 19.1 Å². The van der Waals surface area contributed by atoms with Gasteiger partial charge in [0, 0.05) is 32.2 Å². The van der Waals surface area contributed by atoms with E-state index in [0.29, 0.717) is 19.7 Å². The second-order valence-corrected chi connectivity index (χ2v) is 5.68. The van der Waals surface area contributed by atoms with Crippen molar-refractivity contribution in [3.05, 3.63) is 0 Å². The van der Waals surface area contributed by atoms with Crippen molar-refractivity contribution in [3.63, 3.8) is 0 Å². The van der Waals surface area contributed by atoms with Crippen LogP contribution in [0.3, 0.4) is 0 Å². The fourth-order valence-corrected chi connectivity index (χ4v) is 1.97. The Labute approximate surface area is 129 Å². The van der Waals surface area contributed by atoms with E-state index >= 15 is 0 Å². The molecule has 21 heavy (non-hydrogen) atoms. The number of carbonyl (C=O) groups is 2. The van der Waals surface area contributed by atoms with Gasteiger partial charge >= 0.3 is 5.97 Å². The summed E-state index contributed by atoms with van der Waals surface area (Å²) in [6, 6.07) is 0. The van der Waals surface area contributed by atoms with Crippen LogP contribution in [-0.4, -0.2) is 50.2 Å². The Balaban J connectivity index is 4.28. The second-order valence-electron chi connectivity index (χ2n) is 5.68. The third-order valence-electron chi connectivity index (χ3n) is 3.26. The van der Waals surface area contributed by atoms with Crippen LogP contribution in [0.2, 0.25) is 0 Å². The summed E-state index contributed by atoms with van der Waals surface area (Å²) in [5.74, 6) is -0.593. The van der Waals surface area contributed by atoms with Gasteiger partial charge in [0.1, 0.15) is 0 Å². The number of hydrogen-bond donors (Lipinski definition) is 0. The molecule has 0 bridgehead atoms. The largest absolute Gasteiger partial charge is 0.469 e. The average Bonchev–Trinajstić information content (AvgIpc) is 2.47. The van der Waals surface area contributed by atoms with Crippen molar-refractivity contribution in [1.82, 2.24) is 4.90 Å². The van der Waals surface area contributed by atoms with Gasteiger partial charge in [0.15, 0.2) is 0 Å². The van der Waals surface area contributed by atoms with Crippen molar-refractivity contribution in [1.29, 1.82) is 0 Å². The molecule has 5 nitrogen and oxygen atoms in total. The van der Waals surface area contributed by atoms with Gasteiger partial charge in [-0.15, -0.1) is 0 Å². The van der Waals surface area contributed by atoms with Crippen LogP contribution in [-0.2, 0) is 19.1 Å². The maximum Gasteiger partial charge on any atom is 0.310 e. The number of nitrogens with zero attached hydrogens (tertiary/aromatic N) is 1. The predicted octanol–water partition coefficient (Wildman–Crippen LogP) is 2.49. The lowest BCUT2D eigenvalue weighted by Gasteiger charge is -2.26. The van der Waals surface area contributed by atoms with E-state index in [4.69, 9.17) is 9.47 Å². The smallest absolute Gasteiger partial charge is 0.310 e. The van der Waals surface area contributed by atoms with Crippen LogP contribution in [0.5, 0.6) is 0 Å². The molecule has 1 unspecified atom stereocenters. The molecule has 0 rings (SSSR count). The highest BCUT2D eigenvalue weighted by molar-refractivity contribution is 5.79. The first-order valence-electron chi connectivity index (χ1n) is 7.88. The van der Waals surface area contributed by atoms with Gasteiger partial charge in [-0.3, -0.25) is 9.59 Å². The summed E-state index contributed by atoms with van der Waals surface area (Å²) in [4.78, 5) is 25.4. The van der Waals surface area contributed by atoms with E-state index in [1.807, 2.05) is 13.8 Å². The number of carbonyl (C=O) groups excluding carboxylic acids is 2. The predicted molar refractivity (Wildman–Crippen MR) is 82.9 cm³/mol. The average molecular weight is 301 g/mol. The summed E-state index contributed by atoms with van der Waals surface area (Å²) in [7, 11) is 1.37. The van der Waals surface area contributed by atoms with Crippen LogP contribution in [0, 0.1) is 11.8 Å². The van der Waals surface area contributed by atoms with Gasteiger partial charge in [-0.2, -0.15) is 0 Å². The standard InChI is InChI=1S/C16H31NO4/c1-6-7-10-21-11-8-9-17(15(18)13(2)3)12-14(4)16(19)20-5/h13-14H,6-12H2,1-5H3. The van der Waals surface area contributed by atoms with Gasteiger partial charge < -0.3 is 14.4 Å². The summed E-state index contributed by atoms with van der Waals surface area (Å²) in [5.41, 5.74) is 0. The van der Waals surface area contributed by atoms with E-state index in [-0.39, 0.29) is 23.7 Å². The molecule has 1 atom stereocenters.